The summed E-state index contributed by atoms with van der Waals surface area (Å²) >= 11 is 0. The van der Waals surface area contributed by atoms with Gasteiger partial charge >= 0.3 is 0 Å². The lowest BCUT2D eigenvalue weighted by Gasteiger charge is -2.03. The molecule has 120 valence electrons. The molecule has 0 spiro atoms. The summed E-state index contributed by atoms with van der Waals surface area (Å²) in [5.41, 5.74) is 2.26. The molecule has 25 heavy (non-hydrogen) atoms. The van der Waals surface area contributed by atoms with Crippen LogP contribution in [0.5, 0.6) is 0 Å². The normalized spacial score (nSPS) is 10.7. The molecule has 0 radical (unpaired) electrons. The van der Waals surface area contributed by atoms with Gasteiger partial charge in [-0.15, -0.1) is 0 Å². The summed E-state index contributed by atoms with van der Waals surface area (Å²) in [6.45, 7) is 0. The van der Waals surface area contributed by atoms with Crippen LogP contribution >= 0.6 is 0 Å². The number of amides is 1. The highest BCUT2D eigenvalue weighted by atomic mass is 16.3. The van der Waals surface area contributed by atoms with Crippen LogP contribution in [0.4, 0.5) is 5.69 Å². The van der Waals surface area contributed by atoms with Crippen LogP contribution in [-0.4, -0.2) is 5.91 Å². The zero-order valence-corrected chi connectivity index (χ0v) is 13.3. The van der Waals surface area contributed by atoms with Gasteiger partial charge in [-0.25, -0.2) is 0 Å². The van der Waals surface area contributed by atoms with Crippen molar-refractivity contribution in [1.29, 1.82) is 5.26 Å². The van der Waals surface area contributed by atoms with Crippen molar-refractivity contribution in [2.75, 3.05) is 5.32 Å². The van der Waals surface area contributed by atoms with E-state index in [2.05, 4.69) is 11.4 Å². The van der Waals surface area contributed by atoms with Gasteiger partial charge in [-0.05, 0) is 40.6 Å². The van der Waals surface area contributed by atoms with Crippen molar-refractivity contribution in [3.05, 3.63) is 78.1 Å². The second kappa shape index (κ2) is 6.14. The number of anilines is 1. The van der Waals surface area contributed by atoms with Gasteiger partial charge in [0.05, 0.1) is 12.5 Å². The van der Waals surface area contributed by atoms with Gasteiger partial charge in [-0.1, -0.05) is 42.5 Å². The van der Waals surface area contributed by atoms with Crippen molar-refractivity contribution in [3.8, 4) is 6.07 Å². The Balaban J connectivity index is 1.64. The molecular formula is C21H14N2O2. The Morgan fingerprint density at radius 1 is 1.00 bits per heavy atom. The number of carbonyl (C=O) groups excluding carboxylic acids is 1. The molecule has 4 heteroatoms. The van der Waals surface area contributed by atoms with Gasteiger partial charge < -0.3 is 9.73 Å². The molecule has 1 N–H and O–H groups in total. The molecule has 1 heterocycles. The maximum atomic E-state index is 12.5. The minimum Gasteiger partial charge on any atom is -0.451 e. The Morgan fingerprint density at radius 3 is 2.60 bits per heavy atom. The molecule has 0 saturated carbocycles. The monoisotopic (exact) mass is 326 g/mol. The third kappa shape index (κ3) is 2.84. The van der Waals surface area contributed by atoms with Crippen LogP contribution in [0.1, 0.15) is 16.1 Å². The summed E-state index contributed by atoms with van der Waals surface area (Å²) in [7, 11) is 0. The minimum atomic E-state index is -0.298. The van der Waals surface area contributed by atoms with E-state index >= 15 is 0 Å². The lowest BCUT2D eigenvalue weighted by atomic mass is 10.1. The molecule has 3 aromatic carbocycles. The Labute approximate surface area is 144 Å². The molecule has 0 fully saturated rings. The Kier molecular flexibility index (Phi) is 3.68. The summed E-state index contributed by atoms with van der Waals surface area (Å²) in [5, 5.41) is 14.6. The second-order valence-electron chi connectivity index (χ2n) is 5.80. The molecule has 0 aliphatic carbocycles. The summed E-state index contributed by atoms with van der Waals surface area (Å²) in [5.74, 6) is -0.0271. The lowest BCUT2D eigenvalue weighted by Crippen LogP contribution is -2.10. The summed E-state index contributed by atoms with van der Waals surface area (Å²) in [4.78, 5) is 12.5. The molecule has 0 unspecified atom stereocenters. The van der Waals surface area contributed by atoms with E-state index in [0.717, 1.165) is 21.7 Å². The van der Waals surface area contributed by atoms with Crippen LogP contribution in [0, 0.1) is 11.3 Å². The van der Waals surface area contributed by atoms with Crippen LogP contribution in [0.15, 0.2) is 71.1 Å². The van der Waals surface area contributed by atoms with Crippen molar-refractivity contribution in [1.82, 2.24) is 0 Å². The Bertz CT molecular complexity index is 1120. The number of rotatable bonds is 3. The Hall–Kier alpha value is -3.58. The SMILES string of the molecule is N#CCc1ccc(NC(=O)c2cc3c(ccc4ccccc43)o2)cc1. The first-order chi connectivity index (χ1) is 12.2. The number of furan rings is 1. The molecule has 0 saturated heterocycles. The number of fused-ring (bicyclic) bond motifs is 3. The van der Waals surface area contributed by atoms with Gasteiger partial charge in [0.2, 0.25) is 0 Å². The maximum absolute atomic E-state index is 12.5. The molecular weight excluding hydrogens is 312 g/mol. The van der Waals surface area contributed by atoms with E-state index in [-0.39, 0.29) is 11.7 Å². The van der Waals surface area contributed by atoms with Gasteiger partial charge in [0, 0.05) is 11.1 Å². The van der Waals surface area contributed by atoms with E-state index in [9.17, 15) is 4.79 Å². The summed E-state index contributed by atoms with van der Waals surface area (Å²) in [6.07, 6.45) is 0.352. The molecule has 0 atom stereocenters. The first-order valence-electron chi connectivity index (χ1n) is 7.93. The van der Waals surface area contributed by atoms with Gasteiger partial charge in [-0.3, -0.25) is 4.79 Å². The zero-order valence-electron chi connectivity index (χ0n) is 13.3. The molecule has 1 amide bonds. The quantitative estimate of drug-likeness (QED) is 0.582. The van der Waals surface area contributed by atoms with Crippen molar-refractivity contribution in [2.24, 2.45) is 0 Å². The van der Waals surface area contributed by atoms with Crippen LogP contribution in [0.2, 0.25) is 0 Å². The fourth-order valence-corrected chi connectivity index (χ4v) is 2.89. The highest BCUT2D eigenvalue weighted by molar-refractivity contribution is 6.10. The van der Waals surface area contributed by atoms with Crippen LogP contribution in [-0.2, 0) is 6.42 Å². The van der Waals surface area contributed by atoms with Gasteiger partial charge in [-0.2, -0.15) is 5.26 Å². The molecule has 1 aromatic heterocycles. The predicted octanol–water partition coefficient (Wildman–Crippen LogP) is 4.90. The molecule has 4 aromatic rings. The smallest absolute Gasteiger partial charge is 0.291 e. The highest BCUT2D eigenvalue weighted by Crippen LogP contribution is 2.28. The van der Waals surface area contributed by atoms with E-state index in [4.69, 9.17) is 9.68 Å². The van der Waals surface area contributed by atoms with E-state index in [1.54, 1.807) is 18.2 Å². The van der Waals surface area contributed by atoms with Gasteiger partial charge in [0.15, 0.2) is 5.76 Å². The third-order valence-electron chi connectivity index (χ3n) is 4.14. The number of nitrogens with zero attached hydrogens (tertiary/aromatic N) is 1. The lowest BCUT2D eigenvalue weighted by molar-refractivity contribution is 0.0998. The zero-order chi connectivity index (χ0) is 17.2. The van der Waals surface area contributed by atoms with Gasteiger partial charge in [0.1, 0.15) is 5.58 Å². The van der Waals surface area contributed by atoms with Crippen molar-refractivity contribution in [3.63, 3.8) is 0 Å². The number of carbonyl (C=O) groups is 1. The van der Waals surface area contributed by atoms with Crippen LogP contribution in [0.25, 0.3) is 21.7 Å². The topological polar surface area (TPSA) is 66.0 Å². The predicted molar refractivity (Wildman–Crippen MR) is 97.4 cm³/mol. The largest absolute Gasteiger partial charge is 0.451 e. The van der Waals surface area contributed by atoms with Crippen LogP contribution < -0.4 is 5.32 Å². The standard InChI is InChI=1S/C21H14N2O2/c22-12-11-14-5-8-16(9-6-14)23-21(24)20-13-18-17-4-2-1-3-15(17)7-10-19(18)25-20/h1-10,13H,11H2,(H,23,24). The maximum Gasteiger partial charge on any atom is 0.291 e. The van der Waals surface area contributed by atoms with E-state index in [1.807, 2.05) is 48.5 Å². The fourth-order valence-electron chi connectivity index (χ4n) is 2.89. The van der Waals surface area contributed by atoms with E-state index in [0.29, 0.717) is 17.7 Å². The van der Waals surface area contributed by atoms with Gasteiger partial charge in [0.25, 0.3) is 5.91 Å². The summed E-state index contributed by atoms with van der Waals surface area (Å²) < 4.78 is 5.72. The third-order valence-corrected chi connectivity index (χ3v) is 4.14. The number of nitriles is 1. The van der Waals surface area contributed by atoms with Crippen molar-refractivity contribution >= 4 is 33.3 Å². The first kappa shape index (κ1) is 15.0. The average molecular weight is 326 g/mol. The molecule has 4 rings (SSSR count). The second-order valence-corrected chi connectivity index (χ2v) is 5.80. The molecule has 4 nitrogen and oxygen atoms in total. The molecule has 0 aliphatic heterocycles. The first-order valence-corrected chi connectivity index (χ1v) is 7.93. The number of hydrogen-bond acceptors (Lipinski definition) is 3. The molecule has 0 bridgehead atoms. The average Bonchev–Trinajstić information content (AvgIpc) is 3.08. The van der Waals surface area contributed by atoms with Crippen molar-refractivity contribution < 1.29 is 9.21 Å². The van der Waals surface area contributed by atoms with E-state index in [1.165, 1.54) is 0 Å². The number of nitrogens with one attached hydrogen (secondary N) is 1. The number of hydrogen-bond donors (Lipinski definition) is 1. The van der Waals surface area contributed by atoms with Crippen molar-refractivity contribution in [2.45, 2.75) is 6.42 Å². The highest BCUT2D eigenvalue weighted by Gasteiger charge is 2.14. The number of benzene rings is 3. The minimum absolute atomic E-state index is 0.271. The Morgan fingerprint density at radius 2 is 1.80 bits per heavy atom. The van der Waals surface area contributed by atoms with E-state index < -0.39 is 0 Å². The summed E-state index contributed by atoms with van der Waals surface area (Å²) in [6, 6.07) is 22.9. The van der Waals surface area contributed by atoms with Crippen LogP contribution in [0.3, 0.4) is 0 Å². The molecule has 0 aliphatic rings. The fraction of sp³-hybridized carbons (Fsp3) is 0.0476.